The van der Waals surface area contributed by atoms with E-state index in [0.717, 1.165) is 21.7 Å². The molecule has 0 aliphatic heterocycles. The maximum absolute atomic E-state index is 12.1. The summed E-state index contributed by atoms with van der Waals surface area (Å²) in [4.78, 5) is 37.1. The van der Waals surface area contributed by atoms with Gasteiger partial charge in [-0.2, -0.15) is 5.48 Å². The maximum Gasteiger partial charge on any atom is 0.331 e. The molecule has 0 bridgehead atoms. The molecule has 174 valence electrons. The predicted molar refractivity (Wildman–Crippen MR) is 134 cm³/mol. The molecule has 0 radical (unpaired) electrons. The second-order valence-corrected chi connectivity index (χ2v) is 9.20. The van der Waals surface area contributed by atoms with E-state index in [1.54, 1.807) is 30.4 Å². The summed E-state index contributed by atoms with van der Waals surface area (Å²) in [7, 11) is 0. The third-order valence-electron chi connectivity index (χ3n) is 5.35. The third-order valence-corrected chi connectivity index (χ3v) is 6.44. The number of nitrogens with one attached hydrogen (secondary N) is 2. The van der Waals surface area contributed by atoms with E-state index < -0.39 is 11.9 Å². The molecule has 0 saturated heterocycles. The molecular formula is C26H26N4O3S. The summed E-state index contributed by atoms with van der Waals surface area (Å²) in [6.07, 6.45) is 1.63. The first-order chi connectivity index (χ1) is 16.4. The lowest BCUT2D eigenvalue weighted by Crippen LogP contribution is -2.26. The molecule has 0 fully saturated rings. The first-order valence-electron chi connectivity index (χ1n) is 11.1. The molecule has 2 heterocycles. The Labute approximate surface area is 202 Å². The van der Waals surface area contributed by atoms with Gasteiger partial charge in [-0.05, 0) is 35.7 Å². The van der Waals surface area contributed by atoms with Crippen LogP contribution in [0.25, 0.3) is 20.8 Å². The van der Waals surface area contributed by atoms with E-state index in [0.29, 0.717) is 17.3 Å². The highest BCUT2D eigenvalue weighted by molar-refractivity contribution is 7.21. The van der Waals surface area contributed by atoms with Crippen molar-refractivity contribution in [1.82, 2.24) is 15.4 Å². The average molecular weight is 475 g/mol. The van der Waals surface area contributed by atoms with Crippen LogP contribution in [-0.4, -0.2) is 21.8 Å². The van der Waals surface area contributed by atoms with E-state index in [9.17, 15) is 9.59 Å². The van der Waals surface area contributed by atoms with Crippen LogP contribution in [0.2, 0.25) is 0 Å². The predicted octanol–water partition coefficient (Wildman–Crippen LogP) is 5.77. The van der Waals surface area contributed by atoms with E-state index in [1.807, 2.05) is 18.2 Å². The van der Waals surface area contributed by atoms with Crippen LogP contribution in [0.15, 0.2) is 66.9 Å². The summed E-state index contributed by atoms with van der Waals surface area (Å²) in [6, 6.07) is 20.0. The molecule has 2 aromatic heterocycles. The zero-order chi connectivity index (χ0) is 24.1. The van der Waals surface area contributed by atoms with Gasteiger partial charge in [0, 0.05) is 18.2 Å². The van der Waals surface area contributed by atoms with Crippen LogP contribution in [0.3, 0.4) is 0 Å². The lowest BCUT2D eigenvalue weighted by Gasteiger charge is -2.23. The molecule has 2 aromatic carbocycles. The second kappa shape index (κ2) is 10.4. The van der Waals surface area contributed by atoms with Gasteiger partial charge in [0.2, 0.25) is 0 Å². The fraction of sp³-hybridized carbons (Fsp3) is 0.231. The molecule has 0 aliphatic rings. The Balaban J connectivity index is 1.46. The van der Waals surface area contributed by atoms with Gasteiger partial charge in [0.25, 0.3) is 5.91 Å². The number of carbonyl (C=O) groups is 2. The molecule has 0 saturated carbocycles. The van der Waals surface area contributed by atoms with E-state index in [1.165, 1.54) is 10.9 Å². The number of rotatable bonds is 7. The minimum atomic E-state index is -0.522. The van der Waals surface area contributed by atoms with E-state index in [-0.39, 0.29) is 12.5 Å². The molecule has 7 nitrogen and oxygen atoms in total. The lowest BCUT2D eigenvalue weighted by atomic mass is 9.95. The number of benzene rings is 2. The van der Waals surface area contributed by atoms with Crippen LogP contribution in [0.1, 0.15) is 49.2 Å². The average Bonchev–Trinajstić information content (AvgIpc) is 3.30. The molecule has 1 amide bonds. The van der Waals surface area contributed by atoms with Crippen LogP contribution < -0.4 is 10.8 Å². The minimum Gasteiger partial charge on any atom is -0.363 e. The molecule has 0 aliphatic carbocycles. The number of fused-ring (bicyclic) bond motifs is 1. The number of thiazole rings is 1. The topological polar surface area (TPSA) is 93.2 Å². The Morgan fingerprint density at radius 3 is 2.44 bits per heavy atom. The maximum atomic E-state index is 12.1. The molecular weight excluding hydrogens is 448 g/mol. The zero-order valence-electron chi connectivity index (χ0n) is 19.2. The van der Waals surface area contributed by atoms with Crippen molar-refractivity contribution < 1.29 is 14.4 Å². The highest BCUT2D eigenvalue weighted by atomic mass is 32.1. The van der Waals surface area contributed by atoms with Gasteiger partial charge < -0.3 is 10.2 Å². The number of hydrogen-bond donors (Lipinski definition) is 2. The summed E-state index contributed by atoms with van der Waals surface area (Å²) >= 11 is 1.69. The number of hydrogen-bond acceptors (Lipinski definition) is 7. The minimum absolute atomic E-state index is 0.0297. The number of carbonyl (C=O) groups excluding carboxylic acids is 2. The molecule has 34 heavy (non-hydrogen) atoms. The summed E-state index contributed by atoms with van der Waals surface area (Å²) in [5.74, 6) is -0.0807. The van der Waals surface area contributed by atoms with E-state index in [4.69, 9.17) is 4.98 Å². The van der Waals surface area contributed by atoms with Crippen molar-refractivity contribution in [2.75, 3.05) is 5.32 Å². The normalized spacial score (nSPS) is 11.9. The Kier molecular flexibility index (Phi) is 7.18. The summed E-state index contributed by atoms with van der Waals surface area (Å²) in [5, 5.41) is 4.46. The van der Waals surface area contributed by atoms with Gasteiger partial charge in [-0.25, -0.2) is 14.8 Å². The number of amides is 1. The first kappa shape index (κ1) is 23.4. The Morgan fingerprint density at radius 2 is 1.79 bits per heavy atom. The van der Waals surface area contributed by atoms with Gasteiger partial charge in [0.1, 0.15) is 10.8 Å². The standard InChI is InChI=1S/C26H26N4O3S/c1-4-23(31)33-30-25(32)19-13-14-22(27-15-19)29-24(16(2)3)17-9-11-18(12-10-17)26-28-20-7-5-6-8-21(20)34-26/h5-16,24H,4H2,1-3H3,(H,27,29)(H,30,32)/t24-/m0/s1. The van der Waals surface area contributed by atoms with E-state index in [2.05, 4.69) is 64.8 Å². The lowest BCUT2D eigenvalue weighted by molar-refractivity contribution is -0.148. The number of hydroxylamine groups is 1. The van der Waals surface area contributed by atoms with Crippen molar-refractivity contribution in [1.29, 1.82) is 0 Å². The summed E-state index contributed by atoms with van der Waals surface area (Å²) < 4.78 is 1.18. The summed E-state index contributed by atoms with van der Waals surface area (Å²) in [6.45, 7) is 5.93. The molecule has 8 heteroatoms. The zero-order valence-corrected chi connectivity index (χ0v) is 20.1. The monoisotopic (exact) mass is 474 g/mol. The highest BCUT2D eigenvalue weighted by Gasteiger charge is 2.17. The first-order valence-corrected chi connectivity index (χ1v) is 11.9. The molecule has 1 atom stereocenters. The van der Waals surface area contributed by atoms with Crippen LogP contribution >= 0.6 is 11.3 Å². The van der Waals surface area contributed by atoms with Crippen molar-refractivity contribution in [2.24, 2.45) is 5.92 Å². The van der Waals surface area contributed by atoms with Crippen LogP contribution in [0.5, 0.6) is 0 Å². The molecule has 2 N–H and O–H groups in total. The van der Waals surface area contributed by atoms with Gasteiger partial charge in [0.05, 0.1) is 21.8 Å². The number of anilines is 1. The van der Waals surface area contributed by atoms with Gasteiger partial charge >= 0.3 is 5.97 Å². The van der Waals surface area contributed by atoms with Crippen molar-refractivity contribution >= 4 is 39.2 Å². The molecule has 0 unspecified atom stereocenters. The number of para-hydroxylation sites is 1. The van der Waals surface area contributed by atoms with Gasteiger partial charge in [-0.15, -0.1) is 11.3 Å². The molecule has 4 aromatic rings. The third kappa shape index (κ3) is 5.40. The van der Waals surface area contributed by atoms with Gasteiger partial charge in [-0.1, -0.05) is 57.2 Å². The second-order valence-electron chi connectivity index (χ2n) is 8.17. The van der Waals surface area contributed by atoms with Crippen molar-refractivity contribution in [3.63, 3.8) is 0 Å². The highest BCUT2D eigenvalue weighted by Crippen LogP contribution is 2.32. The van der Waals surface area contributed by atoms with Crippen LogP contribution in [-0.2, 0) is 9.63 Å². The largest absolute Gasteiger partial charge is 0.363 e. The Hall–Kier alpha value is -3.78. The fourth-order valence-corrected chi connectivity index (χ4v) is 4.44. The quantitative estimate of drug-likeness (QED) is 0.331. The summed E-state index contributed by atoms with van der Waals surface area (Å²) in [5.41, 5.74) is 5.67. The SMILES string of the molecule is CCC(=O)ONC(=O)c1ccc(N[C@H](c2ccc(-c3nc4ccccc4s3)cc2)C(C)C)nc1. The smallest absolute Gasteiger partial charge is 0.331 e. The molecule has 0 spiro atoms. The van der Waals surface area contributed by atoms with Gasteiger partial charge in [-0.3, -0.25) is 4.79 Å². The van der Waals surface area contributed by atoms with Crippen molar-refractivity contribution in [3.8, 4) is 10.6 Å². The van der Waals surface area contributed by atoms with Gasteiger partial charge in [0.15, 0.2) is 0 Å². The number of pyridine rings is 1. The van der Waals surface area contributed by atoms with Crippen LogP contribution in [0, 0.1) is 5.92 Å². The number of nitrogens with zero attached hydrogens (tertiary/aromatic N) is 2. The van der Waals surface area contributed by atoms with E-state index >= 15 is 0 Å². The Morgan fingerprint density at radius 1 is 1.03 bits per heavy atom. The van der Waals surface area contributed by atoms with Crippen molar-refractivity contribution in [3.05, 3.63) is 78.0 Å². The Bertz CT molecular complexity index is 1250. The fourth-order valence-electron chi connectivity index (χ4n) is 3.47. The molecule has 4 rings (SSSR count). The van der Waals surface area contributed by atoms with Crippen LogP contribution in [0.4, 0.5) is 5.82 Å². The number of aromatic nitrogens is 2. The van der Waals surface area contributed by atoms with Crippen molar-refractivity contribution in [2.45, 2.75) is 33.2 Å².